The van der Waals surface area contributed by atoms with E-state index >= 15 is 0 Å². The normalized spacial score (nSPS) is 32.3. The quantitative estimate of drug-likeness (QED) is 0.561. The maximum Gasteiger partial charge on any atom is 0.347 e. The molecule has 2 fully saturated rings. The van der Waals surface area contributed by atoms with Crippen molar-refractivity contribution in [2.24, 2.45) is 13.5 Å². The van der Waals surface area contributed by atoms with Gasteiger partial charge in [-0.1, -0.05) is 0 Å². The summed E-state index contributed by atoms with van der Waals surface area (Å²) >= 11 is 12.3. The highest BCUT2D eigenvalue weighted by Gasteiger charge is 2.41. The van der Waals surface area contributed by atoms with Gasteiger partial charge in [0.25, 0.3) is 5.91 Å². The Labute approximate surface area is 115 Å². The zero-order valence-corrected chi connectivity index (χ0v) is 13.5. The van der Waals surface area contributed by atoms with Crippen LogP contribution in [0, 0.1) is 0 Å². The van der Waals surface area contributed by atoms with Crippen molar-refractivity contribution in [2.75, 3.05) is 26.4 Å². The fraction of sp³-hybridized carbons (Fsp3) is 1.00. The van der Waals surface area contributed by atoms with E-state index in [-0.39, 0.29) is 0 Å². The fourth-order valence-corrected chi connectivity index (χ4v) is 12.7. The Bertz CT molecular complexity index is 481. The maximum atomic E-state index is 6.14. The van der Waals surface area contributed by atoms with Gasteiger partial charge in [-0.3, -0.25) is 0 Å². The molecule has 0 amide bonds. The minimum atomic E-state index is -2.90. The first-order valence-electron chi connectivity index (χ1n) is 5.42. The SMILES string of the molecule is ClP1(Cl)=NP2(=NP3(=N1)OCCCO3)OCCCO2. The Morgan fingerprint density at radius 1 is 0.667 bits per heavy atom. The molecule has 0 aromatic heterocycles. The first-order valence-corrected chi connectivity index (χ1v) is 12.0. The molecule has 0 aromatic carbocycles. The van der Waals surface area contributed by atoms with Crippen molar-refractivity contribution in [1.82, 2.24) is 0 Å². The van der Waals surface area contributed by atoms with E-state index in [0.717, 1.165) is 12.8 Å². The molecule has 3 heterocycles. The molecule has 0 saturated carbocycles. The van der Waals surface area contributed by atoms with Gasteiger partial charge in [-0.15, -0.1) is 4.52 Å². The summed E-state index contributed by atoms with van der Waals surface area (Å²) in [6.07, 6.45) is 1.60. The molecule has 3 aliphatic rings. The Morgan fingerprint density at radius 2 is 1.11 bits per heavy atom. The third-order valence-corrected chi connectivity index (χ3v) is 12.1. The van der Waals surface area contributed by atoms with Gasteiger partial charge >= 0.3 is 15.3 Å². The summed E-state index contributed by atoms with van der Waals surface area (Å²) in [5.74, 6) is -2.90. The van der Waals surface area contributed by atoms with Crippen LogP contribution in [0.4, 0.5) is 0 Å². The zero-order valence-electron chi connectivity index (χ0n) is 9.31. The van der Waals surface area contributed by atoms with E-state index in [4.69, 9.17) is 40.6 Å². The van der Waals surface area contributed by atoms with Crippen molar-refractivity contribution in [1.29, 1.82) is 0 Å². The topological polar surface area (TPSA) is 74.0 Å². The highest BCUT2D eigenvalue weighted by molar-refractivity contribution is 8.13. The molecular formula is C6H12Cl2N3O4P3. The van der Waals surface area contributed by atoms with Crippen molar-refractivity contribution >= 4 is 43.7 Å². The molecule has 2 spiro atoms. The molecule has 0 atom stereocenters. The van der Waals surface area contributed by atoms with Crippen molar-refractivity contribution < 1.29 is 18.1 Å². The van der Waals surface area contributed by atoms with Gasteiger partial charge < -0.3 is 18.1 Å². The van der Waals surface area contributed by atoms with Gasteiger partial charge in [0.05, 0.1) is 26.4 Å². The number of rotatable bonds is 0. The lowest BCUT2D eigenvalue weighted by atomic mass is 10.5. The molecule has 0 N–H and O–H groups in total. The number of nitrogens with zero attached hydrogens (tertiary/aromatic N) is 3. The average molecular weight is 354 g/mol. The Morgan fingerprint density at radius 3 is 1.61 bits per heavy atom. The predicted molar refractivity (Wildman–Crippen MR) is 72.8 cm³/mol. The first kappa shape index (κ1) is 14.1. The van der Waals surface area contributed by atoms with Gasteiger partial charge in [0.2, 0.25) is 0 Å². The molecule has 7 nitrogen and oxygen atoms in total. The molecule has 0 bridgehead atoms. The van der Waals surface area contributed by atoms with E-state index < -0.39 is 21.2 Å². The molecule has 0 aromatic rings. The first-order chi connectivity index (χ1) is 8.54. The van der Waals surface area contributed by atoms with Crippen molar-refractivity contribution in [3.05, 3.63) is 0 Å². The largest absolute Gasteiger partial charge is 0.347 e. The molecule has 3 aliphatic heterocycles. The highest BCUT2D eigenvalue weighted by atomic mass is 35.9. The van der Waals surface area contributed by atoms with Crippen molar-refractivity contribution in [3.8, 4) is 0 Å². The monoisotopic (exact) mass is 353 g/mol. The molecule has 0 unspecified atom stereocenters. The van der Waals surface area contributed by atoms with Crippen LogP contribution in [-0.2, 0) is 18.1 Å². The molecule has 2 saturated heterocycles. The smallest absolute Gasteiger partial charge is 0.306 e. The van der Waals surface area contributed by atoms with Crippen LogP contribution in [-0.4, -0.2) is 26.4 Å². The van der Waals surface area contributed by atoms with Crippen LogP contribution in [0.25, 0.3) is 0 Å². The molecule has 3 rings (SSSR count). The van der Waals surface area contributed by atoms with Crippen LogP contribution in [0.15, 0.2) is 13.5 Å². The Hall–Kier alpha value is 1.11. The lowest BCUT2D eigenvalue weighted by Crippen LogP contribution is -2.11. The van der Waals surface area contributed by atoms with Gasteiger partial charge in [-0.2, -0.15) is 9.03 Å². The van der Waals surface area contributed by atoms with Crippen LogP contribution < -0.4 is 0 Å². The lowest BCUT2D eigenvalue weighted by molar-refractivity contribution is 0.163. The Balaban J connectivity index is 2.10. The van der Waals surface area contributed by atoms with E-state index in [2.05, 4.69) is 13.5 Å². The van der Waals surface area contributed by atoms with Crippen LogP contribution in [0.1, 0.15) is 12.8 Å². The summed E-state index contributed by atoms with van der Waals surface area (Å²) in [4.78, 5) is 0. The standard InChI is InChI=1S/C6H12Cl2N3O4P3/c7-16(8)9-17(12-3-1-4-13-17)11-18(10-16)14-5-2-6-15-18/h1-6H2. The van der Waals surface area contributed by atoms with E-state index in [0.29, 0.717) is 26.4 Å². The number of hydrogen-bond donors (Lipinski definition) is 0. The van der Waals surface area contributed by atoms with Crippen molar-refractivity contribution in [3.63, 3.8) is 0 Å². The van der Waals surface area contributed by atoms with Crippen LogP contribution in [0.5, 0.6) is 0 Å². The minimum Gasteiger partial charge on any atom is -0.306 e. The van der Waals surface area contributed by atoms with E-state index in [9.17, 15) is 0 Å². The molecule has 104 valence electrons. The lowest BCUT2D eigenvalue weighted by Gasteiger charge is -2.33. The zero-order chi connectivity index (χ0) is 12.7. The summed E-state index contributed by atoms with van der Waals surface area (Å²) in [5, 5.41) is 0. The van der Waals surface area contributed by atoms with Crippen LogP contribution in [0.3, 0.4) is 0 Å². The van der Waals surface area contributed by atoms with Crippen molar-refractivity contribution in [2.45, 2.75) is 12.8 Å². The van der Waals surface area contributed by atoms with E-state index in [1.807, 2.05) is 0 Å². The molecule has 18 heavy (non-hydrogen) atoms. The number of hydrogen-bond acceptors (Lipinski definition) is 7. The second-order valence-corrected chi connectivity index (χ2v) is 13.1. The number of halogens is 2. The average Bonchev–Trinajstić information content (AvgIpc) is 2.27. The molecular weight excluding hydrogens is 342 g/mol. The van der Waals surface area contributed by atoms with Gasteiger partial charge in [0.1, 0.15) is 0 Å². The minimum absolute atomic E-state index is 0.522. The predicted octanol–water partition coefficient (Wildman–Crippen LogP) is 5.19. The van der Waals surface area contributed by atoms with Crippen LogP contribution >= 0.6 is 43.7 Å². The van der Waals surface area contributed by atoms with E-state index in [1.54, 1.807) is 0 Å². The van der Waals surface area contributed by atoms with Gasteiger partial charge in [-0.25, -0.2) is 0 Å². The van der Waals surface area contributed by atoms with Gasteiger partial charge in [0, 0.05) is 0 Å². The third-order valence-electron chi connectivity index (χ3n) is 2.28. The third kappa shape index (κ3) is 2.90. The molecule has 0 radical (unpaired) electrons. The summed E-state index contributed by atoms with van der Waals surface area (Å²) in [6, 6.07) is 0. The summed E-state index contributed by atoms with van der Waals surface area (Å²) in [5.41, 5.74) is 0. The molecule has 12 heteroatoms. The highest BCUT2D eigenvalue weighted by Crippen LogP contribution is 2.83. The van der Waals surface area contributed by atoms with Gasteiger partial charge in [-0.05, 0) is 35.3 Å². The maximum absolute atomic E-state index is 6.14. The van der Waals surface area contributed by atoms with Crippen LogP contribution in [0.2, 0.25) is 0 Å². The van der Waals surface area contributed by atoms with Gasteiger partial charge in [0.15, 0.2) is 0 Å². The second kappa shape index (κ2) is 5.14. The Kier molecular flexibility index (Phi) is 4.02. The fourth-order valence-electron chi connectivity index (χ4n) is 1.60. The second-order valence-electron chi connectivity index (χ2n) is 3.75. The summed E-state index contributed by atoms with van der Waals surface area (Å²) < 4.78 is 35.2. The summed E-state index contributed by atoms with van der Waals surface area (Å²) in [6.45, 7) is 2.09. The summed E-state index contributed by atoms with van der Waals surface area (Å²) in [7, 11) is -5.60. The van der Waals surface area contributed by atoms with E-state index in [1.165, 1.54) is 0 Å². The molecule has 0 aliphatic carbocycles.